The largest absolute Gasteiger partial charge is 0.396 e. The van der Waals surface area contributed by atoms with Gasteiger partial charge in [0.05, 0.1) is 5.03 Å². The van der Waals surface area contributed by atoms with Crippen LogP contribution in [0.2, 0.25) is 0 Å². The summed E-state index contributed by atoms with van der Waals surface area (Å²) in [5.74, 6) is 0.827. The van der Waals surface area contributed by atoms with Crippen LogP contribution in [0.4, 0.5) is 0 Å². The number of para-hydroxylation sites is 1. The number of nitrogens with two attached hydrogens (primary N) is 1. The Kier molecular flexibility index (Phi) is 3.88. The van der Waals surface area contributed by atoms with Gasteiger partial charge in [-0.1, -0.05) is 18.2 Å². The minimum atomic E-state index is 0.0569. The molecule has 0 aliphatic rings. The Bertz CT molecular complexity index is 422. The van der Waals surface area contributed by atoms with Crippen LogP contribution in [-0.4, -0.2) is 28.5 Å². The van der Waals surface area contributed by atoms with E-state index in [0.717, 1.165) is 16.3 Å². The number of aromatic amines is 1. The maximum Gasteiger partial charge on any atom is 0.0733 e. The molecular weight excluding hydrogens is 220 g/mol. The van der Waals surface area contributed by atoms with E-state index >= 15 is 0 Å². The summed E-state index contributed by atoms with van der Waals surface area (Å²) in [6.45, 7) is 0.161. The number of aliphatic hydroxyl groups is 1. The Labute approximate surface area is 99.0 Å². The lowest BCUT2D eigenvalue weighted by atomic mass is 10.3. The topological polar surface area (TPSA) is 62.0 Å². The molecule has 0 amide bonds. The maximum atomic E-state index is 8.75. The van der Waals surface area contributed by atoms with Crippen LogP contribution in [0.15, 0.2) is 35.4 Å². The van der Waals surface area contributed by atoms with E-state index < -0.39 is 0 Å². The molecule has 1 atom stereocenters. The number of hydrogen-bond donors (Lipinski definition) is 3. The molecule has 0 fully saturated rings. The second kappa shape index (κ2) is 5.39. The second-order valence-electron chi connectivity index (χ2n) is 3.80. The van der Waals surface area contributed by atoms with Crippen molar-refractivity contribution in [3.63, 3.8) is 0 Å². The van der Waals surface area contributed by atoms with Crippen molar-refractivity contribution >= 4 is 22.7 Å². The number of benzene rings is 1. The van der Waals surface area contributed by atoms with Gasteiger partial charge in [0.15, 0.2) is 0 Å². The summed E-state index contributed by atoms with van der Waals surface area (Å²) in [5.41, 5.74) is 6.99. The van der Waals surface area contributed by atoms with Gasteiger partial charge in [-0.3, -0.25) is 0 Å². The molecule has 1 aromatic heterocycles. The zero-order valence-electron chi connectivity index (χ0n) is 9.02. The van der Waals surface area contributed by atoms with Crippen LogP contribution in [0, 0.1) is 0 Å². The van der Waals surface area contributed by atoms with E-state index in [2.05, 4.69) is 23.2 Å². The Hall–Kier alpha value is -0.970. The molecule has 2 rings (SSSR count). The van der Waals surface area contributed by atoms with Crippen LogP contribution in [-0.2, 0) is 0 Å². The molecule has 0 saturated carbocycles. The molecule has 4 heteroatoms. The minimum Gasteiger partial charge on any atom is -0.396 e. The van der Waals surface area contributed by atoms with E-state index in [4.69, 9.17) is 10.8 Å². The van der Waals surface area contributed by atoms with Gasteiger partial charge in [0, 0.05) is 29.3 Å². The highest BCUT2D eigenvalue weighted by atomic mass is 32.2. The van der Waals surface area contributed by atoms with Crippen molar-refractivity contribution in [3.8, 4) is 0 Å². The third-order valence-corrected chi connectivity index (χ3v) is 3.58. The van der Waals surface area contributed by atoms with Crippen LogP contribution in [0.3, 0.4) is 0 Å². The predicted octanol–water partition coefficient (Wildman–Crippen LogP) is 1.97. The highest BCUT2D eigenvalue weighted by molar-refractivity contribution is 7.99. The predicted molar refractivity (Wildman–Crippen MR) is 68.7 cm³/mol. The first kappa shape index (κ1) is 11.5. The van der Waals surface area contributed by atoms with Crippen LogP contribution < -0.4 is 5.73 Å². The average molecular weight is 236 g/mol. The summed E-state index contributed by atoms with van der Waals surface area (Å²) in [6.07, 6.45) is 0.660. The molecule has 0 spiro atoms. The lowest BCUT2D eigenvalue weighted by molar-refractivity contribution is 0.279. The minimum absolute atomic E-state index is 0.0569. The normalized spacial score (nSPS) is 13.1. The molecule has 1 heterocycles. The summed E-state index contributed by atoms with van der Waals surface area (Å²) in [6, 6.07) is 10.4. The van der Waals surface area contributed by atoms with E-state index in [1.165, 1.54) is 5.39 Å². The second-order valence-corrected chi connectivity index (χ2v) is 4.87. The molecule has 2 aromatic rings. The summed E-state index contributed by atoms with van der Waals surface area (Å²) >= 11 is 1.70. The molecule has 4 N–H and O–H groups in total. The molecule has 0 aliphatic carbocycles. The fourth-order valence-electron chi connectivity index (χ4n) is 1.57. The van der Waals surface area contributed by atoms with Gasteiger partial charge in [0.2, 0.25) is 0 Å². The Morgan fingerprint density at radius 3 is 2.94 bits per heavy atom. The van der Waals surface area contributed by atoms with Crippen molar-refractivity contribution in [1.82, 2.24) is 4.98 Å². The number of aliphatic hydroxyl groups excluding tert-OH is 1. The average Bonchev–Trinajstić information content (AvgIpc) is 2.69. The van der Waals surface area contributed by atoms with E-state index in [1.54, 1.807) is 11.8 Å². The Morgan fingerprint density at radius 1 is 1.38 bits per heavy atom. The van der Waals surface area contributed by atoms with Crippen molar-refractivity contribution in [2.24, 2.45) is 5.73 Å². The first-order valence-electron chi connectivity index (χ1n) is 5.36. The number of aromatic nitrogens is 1. The number of thioether (sulfide) groups is 1. The zero-order chi connectivity index (χ0) is 11.4. The SMILES string of the molecule is NC(CCO)CSc1cc2ccccc2[nH]1. The van der Waals surface area contributed by atoms with E-state index in [-0.39, 0.29) is 12.6 Å². The summed E-state index contributed by atoms with van der Waals surface area (Å²) < 4.78 is 0. The Balaban J connectivity index is 1.99. The number of fused-ring (bicyclic) bond motifs is 1. The highest BCUT2D eigenvalue weighted by Gasteiger charge is 2.05. The van der Waals surface area contributed by atoms with Crippen molar-refractivity contribution in [2.75, 3.05) is 12.4 Å². The fraction of sp³-hybridized carbons (Fsp3) is 0.333. The Morgan fingerprint density at radius 2 is 2.19 bits per heavy atom. The van der Waals surface area contributed by atoms with Gasteiger partial charge in [-0.05, 0) is 18.6 Å². The van der Waals surface area contributed by atoms with Gasteiger partial charge in [-0.2, -0.15) is 0 Å². The quantitative estimate of drug-likeness (QED) is 0.696. The first-order valence-corrected chi connectivity index (χ1v) is 6.35. The lowest BCUT2D eigenvalue weighted by Gasteiger charge is -2.07. The van der Waals surface area contributed by atoms with Crippen molar-refractivity contribution in [1.29, 1.82) is 0 Å². The molecule has 16 heavy (non-hydrogen) atoms. The van der Waals surface area contributed by atoms with Gasteiger partial charge < -0.3 is 15.8 Å². The van der Waals surface area contributed by atoms with Gasteiger partial charge in [-0.15, -0.1) is 11.8 Å². The van der Waals surface area contributed by atoms with E-state index in [0.29, 0.717) is 6.42 Å². The molecule has 1 aromatic carbocycles. The summed E-state index contributed by atoms with van der Waals surface area (Å²) in [5, 5.41) is 11.1. The molecule has 0 bridgehead atoms. The summed E-state index contributed by atoms with van der Waals surface area (Å²) in [7, 11) is 0. The zero-order valence-corrected chi connectivity index (χ0v) is 9.83. The summed E-state index contributed by atoms with van der Waals surface area (Å²) in [4.78, 5) is 3.34. The molecular formula is C12H16N2OS. The van der Waals surface area contributed by atoms with Gasteiger partial charge in [0.25, 0.3) is 0 Å². The fourth-order valence-corrected chi connectivity index (χ4v) is 2.52. The van der Waals surface area contributed by atoms with Crippen LogP contribution >= 0.6 is 11.8 Å². The highest BCUT2D eigenvalue weighted by Crippen LogP contribution is 2.23. The maximum absolute atomic E-state index is 8.75. The number of H-pyrrole nitrogens is 1. The first-order chi connectivity index (χ1) is 7.79. The molecule has 0 radical (unpaired) electrons. The van der Waals surface area contributed by atoms with Crippen LogP contribution in [0.1, 0.15) is 6.42 Å². The number of hydrogen-bond acceptors (Lipinski definition) is 3. The monoisotopic (exact) mass is 236 g/mol. The van der Waals surface area contributed by atoms with Gasteiger partial charge in [-0.25, -0.2) is 0 Å². The van der Waals surface area contributed by atoms with Crippen LogP contribution in [0.25, 0.3) is 10.9 Å². The van der Waals surface area contributed by atoms with Crippen molar-refractivity contribution < 1.29 is 5.11 Å². The smallest absolute Gasteiger partial charge is 0.0733 e. The molecule has 1 unspecified atom stereocenters. The molecule has 0 saturated heterocycles. The third-order valence-electron chi connectivity index (χ3n) is 2.46. The van der Waals surface area contributed by atoms with Crippen molar-refractivity contribution in [3.05, 3.63) is 30.3 Å². The van der Waals surface area contributed by atoms with E-state index in [9.17, 15) is 0 Å². The van der Waals surface area contributed by atoms with Crippen LogP contribution in [0.5, 0.6) is 0 Å². The number of nitrogens with one attached hydrogen (secondary N) is 1. The standard InChI is InChI=1S/C12H16N2OS/c13-10(5-6-15)8-16-12-7-9-3-1-2-4-11(9)14-12/h1-4,7,10,14-15H,5-6,8,13H2. The van der Waals surface area contributed by atoms with Gasteiger partial charge in [0.1, 0.15) is 0 Å². The van der Waals surface area contributed by atoms with Crippen molar-refractivity contribution in [2.45, 2.75) is 17.5 Å². The molecule has 3 nitrogen and oxygen atoms in total. The van der Waals surface area contributed by atoms with Gasteiger partial charge >= 0.3 is 0 Å². The molecule has 0 aliphatic heterocycles. The van der Waals surface area contributed by atoms with E-state index in [1.807, 2.05) is 12.1 Å². The lowest BCUT2D eigenvalue weighted by Crippen LogP contribution is -2.23. The number of rotatable bonds is 5. The molecule has 86 valence electrons. The third kappa shape index (κ3) is 2.78.